The van der Waals surface area contributed by atoms with Gasteiger partial charge >= 0.3 is 6.03 Å². The molecule has 30 heavy (non-hydrogen) atoms. The molecule has 0 aliphatic carbocycles. The number of urea groups is 1. The Morgan fingerprint density at radius 3 is 2.80 bits per heavy atom. The second-order valence-corrected chi connectivity index (χ2v) is 6.63. The number of nitrogens with zero attached hydrogens (tertiary/aromatic N) is 3. The molecule has 0 bridgehead atoms. The molecule has 0 spiro atoms. The van der Waals surface area contributed by atoms with Gasteiger partial charge in [-0.1, -0.05) is 18.2 Å². The van der Waals surface area contributed by atoms with Crippen LogP contribution in [0.5, 0.6) is 5.88 Å². The third-order valence-corrected chi connectivity index (χ3v) is 4.45. The van der Waals surface area contributed by atoms with Crippen LogP contribution in [0.25, 0.3) is 10.9 Å². The lowest BCUT2D eigenvalue weighted by molar-refractivity contribution is 0.249. The number of halogens is 1. The summed E-state index contributed by atoms with van der Waals surface area (Å²) in [6, 6.07) is 12.5. The molecule has 0 aliphatic heterocycles. The molecular formula is C21H19FN6O2. The first kappa shape index (κ1) is 19.3. The van der Waals surface area contributed by atoms with E-state index in [0.717, 1.165) is 11.3 Å². The highest BCUT2D eigenvalue weighted by atomic mass is 19.1. The normalized spacial score (nSPS) is 11.8. The van der Waals surface area contributed by atoms with Crippen molar-refractivity contribution < 1.29 is 13.9 Å². The number of anilines is 1. The van der Waals surface area contributed by atoms with E-state index >= 15 is 0 Å². The van der Waals surface area contributed by atoms with Crippen molar-refractivity contribution in [2.24, 2.45) is 0 Å². The van der Waals surface area contributed by atoms with E-state index < -0.39 is 6.03 Å². The van der Waals surface area contributed by atoms with E-state index in [9.17, 15) is 9.18 Å². The number of H-pyrrole nitrogens is 1. The molecule has 152 valence electrons. The van der Waals surface area contributed by atoms with Gasteiger partial charge in [-0.25, -0.2) is 14.2 Å². The van der Waals surface area contributed by atoms with Crippen LogP contribution in [0.2, 0.25) is 0 Å². The molecule has 2 amide bonds. The van der Waals surface area contributed by atoms with Crippen molar-refractivity contribution in [3.63, 3.8) is 0 Å². The summed E-state index contributed by atoms with van der Waals surface area (Å²) < 4.78 is 18.7. The maximum absolute atomic E-state index is 13.0. The molecule has 3 aromatic heterocycles. The zero-order chi connectivity index (χ0) is 20.9. The Balaban J connectivity index is 1.38. The molecule has 0 radical (unpaired) electrons. The maximum atomic E-state index is 13.0. The van der Waals surface area contributed by atoms with Gasteiger partial charge in [0.2, 0.25) is 5.88 Å². The van der Waals surface area contributed by atoms with Crippen molar-refractivity contribution in [3.8, 4) is 5.88 Å². The van der Waals surface area contributed by atoms with Crippen LogP contribution in [0.3, 0.4) is 0 Å². The van der Waals surface area contributed by atoms with Crippen molar-refractivity contribution >= 4 is 22.8 Å². The number of hydrogen-bond acceptors (Lipinski definition) is 5. The van der Waals surface area contributed by atoms with E-state index in [0.29, 0.717) is 22.6 Å². The molecule has 0 unspecified atom stereocenters. The third-order valence-electron chi connectivity index (χ3n) is 4.45. The average molecular weight is 406 g/mol. The summed E-state index contributed by atoms with van der Waals surface area (Å²) in [5.41, 5.74) is 2.24. The summed E-state index contributed by atoms with van der Waals surface area (Å²) in [4.78, 5) is 20.7. The van der Waals surface area contributed by atoms with Gasteiger partial charge in [-0.05, 0) is 36.8 Å². The minimum atomic E-state index is -0.426. The highest BCUT2D eigenvalue weighted by molar-refractivity contribution is 5.92. The number of aromatic nitrogens is 4. The Morgan fingerprint density at radius 2 is 2.03 bits per heavy atom. The SMILES string of the molecule is C[C@@H](NC(=O)Nc1cc2[nH]nc(OCc3ccccn3)c2cn1)c1ccc(F)cc1. The Hall–Kier alpha value is -4.01. The molecule has 9 heteroatoms. The van der Waals surface area contributed by atoms with E-state index in [-0.39, 0.29) is 18.5 Å². The lowest BCUT2D eigenvalue weighted by Gasteiger charge is -2.14. The first-order chi connectivity index (χ1) is 14.6. The summed E-state index contributed by atoms with van der Waals surface area (Å²) in [6.07, 6.45) is 3.27. The minimum absolute atomic E-state index is 0.282. The highest BCUT2D eigenvalue weighted by Gasteiger charge is 2.13. The van der Waals surface area contributed by atoms with Gasteiger partial charge in [-0.2, -0.15) is 0 Å². The fourth-order valence-corrected chi connectivity index (χ4v) is 2.88. The summed E-state index contributed by atoms with van der Waals surface area (Å²) >= 11 is 0. The molecule has 0 saturated carbocycles. The quantitative estimate of drug-likeness (QED) is 0.450. The smallest absolute Gasteiger partial charge is 0.320 e. The second kappa shape index (κ2) is 8.56. The van der Waals surface area contributed by atoms with Crippen molar-refractivity contribution in [2.45, 2.75) is 19.6 Å². The highest BCUT2D eigenvalue weighted by Crippen LogP contribution is 2.24. The average Bonchev–Trinajstić information content (AvgIpc) is 3.15. The van der Waals surface area contributed by atoms with E-state index in [4.69, 9.17) is 4.74 Å². The molecule has 1 aromatic carbocycles. The van der Waals surface area contributed by atoms with E-state index in [1.807, 2.05) is 25.1 Å². The van der Waals surface area contributed by atoms with E-state index in [2.05, 4.69) is 30.8 Å². The summed E-state index contributed by atoms with van der Waals surface area (Å²) in [6.45, 7) is 2.09. The van der Waals surface area contributed by atoms with Gasteiger partial charge in [0.15, 0.2) is 0 Å². The topological polar surface area (TPSA) is 105 Å². The standard InChI is InChI=1S/C21H19FN6O2/c1-13(14-5-7-15(22)8-6-14)25-21(29)26-19-10-18-17(11-24-19)20(28-27-18)30-12-16-4-2-3-9-23-16/h2-11,13H,12H2,1H3,(H,27,28)(H2,24,25,26,29)/t13-/m1/s1. The Morgan fingerprint density at radius 1 is 1.20 bits per heavy atom. The fourth-order valence-electron chi connectivity index (χ4n) is 2.88. The molecule has 1 atom stereocenters. The first-order valence-corrected chi connectivity index (χ1v) is 9.28. The zero-order valence-electron chi connectivity index (χ0n) is 16.1. The predicted octanol–water partition coefficient (Wildman–Crippen LogP) is 3.95. The van der Waals surface area contributed by atoms with Crippen LogP contribution < -0.4 is 15.4 Å². The lowest BCUT2D eigenvalue weighted by Crippen LogP contribution is -2.31. The van der Waals surface area contributed by atoms with Gasteiger partial charge in [0.05, 0.1) is 22.6 Å². The lowest BCUT2D eigenvalue weighted by atomic mass is 10.1. The van der Waals surface area contributed by atoms with Crippen molar-refractivity contribution in [1.82, 2.24) is 25.5 Å². The van der Waals surface area contributed by atoms with Gasteiger partial charge in [0.1, 0.15) is 18.2 Å². The molecular weight excluding hydrogens is 387 g/mol. The molecule has 0 aliphatic rings. The predicted molar refractivity (Wildman–Crippen MR) is 109 cm³/mol. The summed E-state index contributed by atoms with van der Waals surface area (Å²) in [5, 5.41) is 13.2. The molecule has 3 N–H and O–H groups in total. The van der Waals surface area contributed by atoms with Crippen molar-refractivity contribution in [3.05, 3.63) is 78.0 Å². The van der Waals surface area contributed by atoms with E-state index in [1.165, 1.54) is 12.1 Å². The van der Waals surface area contributed by atoms with Gasteiger partial charge in [-0.3, -0.25) is 15.4 Å². The largest absolute Gasteiger partial charge is 0.470 e. The van der Waals surface area contributed by atoms with Crippen LogP contribution in [0.15, 0.2) is 60.9 Å². The summed E-state index contributed by atoms with van der Waals surface area (Å²) in [5.74, 6) is 0.436. The van der Waals surface area contributed by atoms with Crippen LogP contribution in [0.1, 0.15) is 24.2 Å². The molecule has 4 aromatic rings. The van der Waals surface area contributed by atoms with Gasteiger partial charge in [-0.15, -0.1) is 5.10 Å². The van der Waals surface area contributed by atoms with Crippen LogP contribution in [-0.2, 0) is 6.61 Å². The zero-order valence-corrected chi connectivity index (χ0v) is 16.1. The van der Waals surface area contributed by atoms with E-state index in [1.54, 1.807) is 30.6 Å². The maximum Gasteiger partial charge on any atom is 0.320 e. The monoisotopic (exact) mass is 406 g/mol. The number of carbonyl (C=O) groups is 1. The van der Waals surface area contributed by atoms with Crippen LogP contribution in [0, 0.1) is 5.82 Å². The minimum Gasteiger partial charge on any atom is -0.470 e. The molecule has 0 fully saturated rings. The second-order valence-electron chi connectivity index (χ2n) is 6.63. The first-order valence-electron chi connectivity index (χ1n) is 9.28. The number of amides is 2. The summed E-state index contributed by atoms with van der Waals surface area (Å²) in [7, 11) is 0. The van der Waals surface area contributed by atoms with Gasteiger partial charge in [0, 0.05) is 18.5 Å². The van der Waals surface area contributed by atoms with Crippen LogP contribution >= 0.6 is 0 Å². The number of fused-ring (bicyclic) bond motifs is 1. The Labute approximate surface area is 171 Å². The Kier molecular flexibility index (Phi) is 5.51. The van der Waals surface area contributed by atoms with Crippen LogP contribution in [0.4, 0.5) is 15.0 Å². The van der Waals surface area contributed by atoms with Gasteiger partial charge < -0.3 is 10.1 Å². The molecule has 0 saturated heterocycles. The third kappa shape index (κ3) is 4.52. The molecule has 3 heterocycles. The number of aromatic amines is 1. The number of benzene rings is 1. The number of ether oxygens (including phenoxy) is 1. The van der Waals surface area contributed by atoms with Crippen molar-refractivity contribution in [2.75, 3.05) is 5.32 Å². The number of hydrogen-bond donors (Lipinski definition) is 3. The Bertz CT molecular complexity index is 1150. The van der Waals surface area contributed by atoms with Crippen LogP contribution in [-0.4, -0.2) is 26.2 Å². The number of rotatable bonds is 6. The molecule has 4 rings (SSSR count). The van der Waals surface area contributed by atoms with Crippen molar-refractivity contribution in [1.29, 1.82) is 0 Å². The number of nitrogens with one attached hydrogen (secondary N) is 3. The fraction of sp³-hybridized carbons (Fsp3) is 0.143. The number of pyridine rings is 2. The van der Waals surface area contributed by atoms with Gasteiger partial charge in [0.25, 0.3) is 0 Å². The number of carbonyl (C=O) groups excluding carboxylic acids is 1. The molecule has 8 nitrogen and oxygen atoms in total.